The molecule has 0 aliphatic rings. The fourth-order valence-electron chi connectivity index (χ4n) is 1.86. The molecule has 0 radical (unpaired) electrons. The van der Waals surface area contributed by atoms with Crippen LogP contribution in [0.3, 0.4) is 0 Å². The Morgan fingerprint density at radius 2 is 1.75 bits per heavy atom. The van der Waals surface area contributed by atoms with Crippen LogP contribution < -0.4 is 15.0 Å². The first kappa shape index (κ1) is 13.9. The minimum absolute atomic E-state index is 0.0541. The van der Waals surface area contributed by atoms with Crippen molar-refractivity contribution in [2.24, 2.45) is 0 Å². The van der Waals surface area contributed by atoms with Crippen molar-refractivity contribution >= 4 is 17.3 Å². The van der Waals surface area contributed by atoms with Gasteiger partial charge in [0.05, 0.1) is 13.7 Å². The fourth-order valence-corrected chi connectivity index (χ4v) is 1.86. The Hall–Kier alpha value is -2.49. The van der Waals surface area contributed by atoms with E-state index in [-0.39, 0.29) is 5.91 Å². The van der Waals surface area contributed by atoms with E-state index in [1.54, 1.807) is 7.11 Å². The number of rotatable bonds is 5. The van der Waals surface area contributed by atoms with Crippen molar-refractivity contribution in [1.29, 1.82) is 0 Å². The minimum atomic E-state index is -0.0541. The Kier molecular flexibility index (Phi) is 4.60. The van der Waals surface area contributed by atoms with E-state index in [0.717, 1.165) is 17.1 Å². The number of methoxy groups -OCH3 is 1. The second-order valence-corrected chi connectivity index (χ2v) is 4.47. The first-order valence-electron chi connectivity index (χ1n) is 6.39. The molecule has 0 fully saturated rings. The number of nitrogens with one attached hydrogen (secondary N) is 1. The lowest BCUT2D eigenvalue weighted by molar-refractivity contribution is -0.114. The van der Waals surface area contributed by atoms with E-state index in [1.165, 1.54) is 0 Å². The SMILES string of the molecule is COc1ccc(NC(=O)CN(C)c2ccccc2)cc1. The standard InChI is InChI=1S/C16H18N2O2/c1-18(14-6-4-3-5-7-14)12-16(19)17-13-8-10-15(20-2)11-9-13/h3-11H,12H2,1-2H3,(H,17,19). The first-order valence-corrected chi connectivity index (χ1v) is 6.39. The number of hydrogen-bond acceptors (Lipinski definition) is 3. The lowest BCUT2D eigenvalue weighted by Crippen LogP contribution is -2.29. The third kappa shape index (κ3) is 3.75. The molecule has 0 aliphatic heterocycles. The van der Waals surface area contributed by atoms with Gasteiger partial charge in [0.25, 0.3) is 0 Å². The van der Waals surface area contributed by atoms with Crippen LogP contribution in [0, 0.1) is 0 Å². The maximum Gasteiger partial charge on any atom is 0.243 e. The van der Waals surface area contributed by atoms with Gasteiger partial charge in [0.1, 0.15) is 5.75 Å². The van der Waals surface area contributed by atoms with Crippen LogP contribution in [0.5, 0.6) is 5.75 Å². The lowest BCUT2D eigenvalue weighted by atomic mass is 10.3. The van der Waals surface area contributed by atoms with Crippen LogP contribution in [0.15, 0.2) is 54.6 Å². The number of anilines is 2. The molecule has 0 spiro atoms. The number of carbonyl (C=O) groups is 1. The molecular formula is C16H18N2O2. The summed E-state index contributed by atoms with van der Waals surface area (Å²) in [5.74, 6) is 0.714. The summed E-state index contributed by atoms with van der Waals surface area (Å²) < 4.78 is 5.08. The number of benzene rings is 2. The van der Waals surface area contributed by atoms with Crippen molar-refractivity contribution in [2.75, 3.05) is 30.9 Å². The summed E-state index contributed by atoms with van der Waals surface area (Å²) in [6.07, 6.45) is 0. The molecule has 0 atom stereocenters. The number of carbonyl (C=O) groups excluding carboxylic acids is 1. The Morgan fingerprint density at radius 3 is 2.35 bits per heavy atom. The van der Waals surface area contributed by atoms with Gasteiger partial charge in [-0.2, -0.15) is 0 Å². The van der Waals surface area contributed by atoms with Crippen LogP contribution in [-0.2, 0) is 4.79 Å². The first-order chi connectivity index (χ1) is 9.69. The highest BCUT2D eigenvalue weighted by molar-refractivity contribution is 5.94. The van der Waals surface area contributed by atoms with Crippen LogP contribution in [-0.4, -0.2) is 26.6 Å². The number of hydrogen-bond donors (Lipinski definition) is 1. The average molecular weight is 270 g/mol. The topological polar surface area (TPSA) is 41.6 Å². The van der Waals surface area contributed by atoms with E-state index < -0.39 is 0 Å². The number of para-hydroxylation sites is 1. The maximum atomic E-state index is 12.0. The zero-order valence-corrected chi connectivity index (χ0v) is 11.7. The third-order valence-electron chi connectivity index (χ3n) is 2.95. The molecule has 1 N–H and O–H groups in total. The smallest absolute Gasteiger partial charge is 0.243 e. The second-order valence-electron chi connectivity index (χ2n) is 4.47. The Morgan fingerprint density at radius 1 is 1.10 bits per heavy atom. The Bertz CT molecular complexity index is 552. The molecular weight excluding hydrogens is 252 g/mol. The fraction of sp³-hybridized carbons (Fsp3) is 0.188. The number of amides is 1. The third-order valence-corrected chi connectivity index (χ3v) is 2.95. The molecule has 0 saturated heterocycles. The lowest BCUT2D eigenvalue weighted by Gasteiger charge is -2.18. The van der Waals surface area contributed by atoms with E-state index in [2.05, 4.69) is 5.32 Å². The van der Waals surface area contributed by atoms with Crippen molar-refractivity contribution in [3.05, 3.63) is 54.6 Å². The zero-order chi connectivity index (χ0) is 14.4. The van der Waals surface area contributed by atoms with Gasteiger partial charge < -0.3 is 15.0 Å². The highest BCUT2D eigenvalue weighted by Gasteiger charge is 2.07. The predicted molar refractivity (Wildman–Crippen MR) is 81.3 cm³/mol. The van der Waals surface area contributed by atoms with Gasteiger partial charge in [-0.1, -0.05) is 18.2 Å². The summed E-state index contributed by atoms with van der Waals surface area (Å²) in [7, 11) is 3.51. The number of likely N-dealkylation sites (N-methyl/N-ethyl adjacent to an activating group) is 1. The quantitative estimate of drug-likeness (QED) is 0.908. The summed E-state index contributed by atoms with van der Waals surface area (Å²) >= 11 is 0. The molecule has 0 saturated carbocycles. The molecule has 0 heterocycles. The van der Waals surface area contributed by atoms with Crippen LogP contribution in [0.4, 0.5) is 11.4 Å². The molecule has 4 heteroatoms. The van der Waals surface area contributed by atoms with Gasteiger partial charge in [0, 0.05) is 18.4 Å². The van der Waals surface area contributed by atoms with Gasteiger partial charge in [-0.15, -0.1) is 0 Å². The summed E-state index contributed by atoms with van der Waals surface area (Å²) in [6, 6.07) is 17.1. The minimum Gasteiger partial charge on any atom is -0.497 e. The molecule has 2 aromatic rings. The average Bonchev–Trinajstić information content (AvgIpc) is 2.49. The molecule has 2 aromatic carbocycles. The predicted octanol–water partition coefficient (Wildman–Crippen LogP) is 2.77. The van der Waals surface area contributed by atoms with Crippen LogP contribution in [0.1, 0.15) is 0 Å². The highest BCUT2D eigenvalue weighted by atomic mass is 16.5. The van der Waals surface area contributed by atoms with Gasteiger partial charge in [0.15, 0.2) is 0 Å². The maximum absolute atomic E-state index is 12.0. The highest BCUT2D eigenvalue weighted by Crippen LogP contribution is 2.15. The Balaban J connectivity index is 1.91. The van der Waals surface area contributed by atoms with Gasteiger partial charge in [0.2, 0.25) is 5.91 Å². The van der Waals surface area contributed by atoms with Crippen LogP contribution >= 0.6 is 0 Å². The zero-order valence-electron chi connectivity index (χ0n) is 11.7. The molecule has 4 nitrogen and oxygen atoms in total. The number of ether oxygens (including phenoxy) is 1. The molecule has 1 amide bonds. The molecule has 0 unspecified atom stereocenters. The van der Waals surface area contributed by atoms with Crippen molar-refractivity contribution in [2.45, 2.75) is 0 Å². The Labute approximate surface area is 119 Å². The van der Waals surface area contributed by atoms with Crippen molar-refractivity contribution in [3.63, 3.8) is 0 Å². The van der Waals surface area contributed by atoms with Crippen LogP contribution in [0.25, 0.3) is 0 Å². The second kappa shape index (κ2) is 6.61. The molecule has 0 aromatic heterocycles. The van der Waals surface area contributed by atoms with Crippen molar-refractivity contribution in [3.8, 4) is 5.75 Å². The monoisotopic (exact) mass is 270 g/mol. The van der Waals surface area contributed by atoms with Crippen molar-refractivity contribution in [1.82, 2.24) is 0 Å². The van der Waals surface area contributed by atoms with Gasteiger partial charge in [-0.3, -0.25) is 4.79 Å². The number of nitrogens with zero attached hydrogens (tertiary/aromatic N) is 1. The van der Waals surface area contributed by atoms with E-state index >= 15 is 0 Å². The van der Waals surface area contributed by atoms with Gasteiger partial charge in [-0.25, -0.2) is 0 Å². The van der Waals surface area contributed by atoms with Gasteiger partial charge in [-0.05, 0) is 36.4 Å². The van der Waals surface area contributed by atoms with Gasteiger partial charge >= 0.3 is 0 Å². The van der Waals surface area contributed by atoms with E-state index in [0.29, 0.717) is 6.54 Å². The molecule has 20 heavy (non-hydrogen) atoms. The molecule has 0 bridgehead atoms. The largest absolute Gasteiger partial charge is 0.497 e. The summed E-state index contributed by atoms with van der Waals surface area (Å²) in [5, 5.41) is 2.86. The van der Waals surface area contributed by atoms with E-state index in [4.69, 9.17) is 4.74 Å². The summed E-state index contributed by atoms with van der Waals surface area (Å²) in [4.78, 5) is 13.9. The van der Waals surface area contributed by atoms with E-state index in [9.17, 15) is 4.79 Å². The molecule has 104 valence electrons. The molecule has 2 rings (SSSR count). The van der Waals surface area contributed by atoms with Crippen LogP contribution in [0.2, 0.25) is 0 Å². The van der Waals surface area contributed by atoms with E-state index in [1.807, 2.05) is 66.5 Å². The molecule has 0 aliphatic carbocycles. The summed E-state index contributed by atoms with van der Waals surface area (Å²) in [6.45, 7) is 0.302. The van der Waals surface area contributed by atoms with Crippen molar-refractivity contribution < 1.29 is 9.53 Å². The normalized spacial score (nSPS) is 9.90. The summed E-state index contributed by atoms with van der Waals surface area (Å²) in [5.41, 5.74) is 1.77.